The highest BCUT2D eigenvalue weighted by atomic mass is 79.9. The van der Waals surface area contributed by atoms with Gasteiger partial charge in [-0.2, -0.15) is 0 Å². The number of aromatic nitrogens is 1. The van der Waals surface area contributed by atoms with Crippen molar-refractivity contribution in [3.8, 4) is 11.5 Å². The Hall–Kier alpha value is -2.91. The zero-order chi connectivity index (χ0) is 21.7. The summed E-state index contributed by atoms with van der Waals surface area (Å²) in [7, 11) is 3.04. The van der Waals surface area contributed by atoms with Crippen LogP contribution in [0.2, 0.25) is 0 Å². The first-order chi connectivity index (χ1) is 14.4. The average molecular weight is 490 g/mol. The van der Waals surface area contributed by atoms with Crippen molar-refractivity contribution in [3.63, 3.8) is 0 Å². The second kappa shape index (κ2) is 9.73. The summed E-state index contributed by atoms with van der Waals surface area (Å²) in [6, 6.07) is 10.5. The normalized spacial score (nSPS) is 10.4. The van der Waals surface area contributed by atoms with Crippen LogP contribution in [0.5, 0.6) is 11.5 Å². The van der Waals surface area contributed by atoms with Gasteiger partial charge in [-0.15, -0.1) is 11.3 Å². The van der Waals surface area contributed by atoms with Crippen LogP contribution in [-0.2, 0) is 11.2 Å². The third kappa shape index (κ3) is 5.58. The monoisotopic (exact) mass is 489 g/mol. The highest BCUT2D eigenvalue weighted by Gasteiger charge is 2.14. The van der Waals surface area contributed by atoms with Gasteiger partial charge in [-0.05, 0) is 42.8 Å². The van der Waals surface area contributed by atoms with Gasteiger partial charge in [-0.25, -0.2) is 4.98 Å². The van der Waals surface area contributed by atoms with E-state index in [0.29, 0.717) is 27.9 Å². The molecule has 30 heavy (non-hydrogen) atoms. The Bertz CT molecular complexity index is 1060. The topological polar surface area (TPSA) is 89.6 Å². The number of rotatable bonds is 7. The van der Waals surface area contributed by atoms with Crippen molar-refractivity contribution in [2.75, 3.05) is 24.9 Å². The third-order valence-corrected chi connectivity index (χ3v) is 5.87. The smallest absolute Gasteiger partial charge is 0.257 e. The molecule has 7 nitrogen and oxygen atoms in total. The van der Waals surface area contributed by atoms with Gasteiger partial charge in [0.05, 0.1) is 26.3 Å². The number of halogens is 1. The van der Waals surface area contributed by atoms with E-state index in [4.69, 9.17) is 9.47 Å². The van der Waals surface area contributed by atoms with Crippen LogP contribution < -0.4 is 20.1 Å². The molecule has 0 spiro atoms. The molecule has 9 heteroatoms. The molecule has 1 aromatic heterocycles. The number of aryl methyl sites for hydroxylation is 1. The fourth-order valence-electron chi connectivity index (χ4n) is 2.65. The molecule has 0 atom stereocenters. The second-order valence-electron chi connectivity index (χ2n) is 6.39. The maximum Gasteiger partial charge on any atom is 0.257 e. The highest BCUT2D eigenvalue weighted by molar-refractivity contribution is 9.10. The molecule has 0 fully saturated rings. The van der Waals surface area contributed by atoms with Crippen molar-refractivity contribution in [2.24, 2.45) is 0 Å². The molecule has 0 bridgehead atoms. The van der Waals surface area contributed by atoms with Crippen LogP contribution >= 0.6 is 27.3 Å². The van der Waals surface area contributed by atoms with Crippen molar-refractivity contribution in [2.45, 2.75) is 13.3 Å². The average Bonchev–Trinajstić information content (AvgIpc) is 3.16. The van der Waals surface area contributed by atoms with E-state index in [2.05, 4.69) is 31.5 Å². The lowest BCUT2D eigenvalue weighted by Gasteiger charge is -2.08. The number of benzene rings is 2. The number of carbonyl (C=O) groups excluding carboxylic acids is 2. The van der Waals surface area contributed by atoms with E-state index in [1.807, 2.05) is 25.1 Å². The summed E-state index contributed by atoms with van der Waals surface area (Å²) in [6.45, 7) is 1.95. The SMILES string of the molecule is COc1cc(OC)cc(C(=O)Nc2nc(CC(=O)Nc3ccc(Br)c(C)c3)cs2)c1. The van der Waals surface area contributed by atoms with E-state index in [9.17, 15) is 9.59 Å². The quantitative estimate of drug-likeness (QED) is 0.503. The summed E-state index contributed by atoms with van der Waals surface area (Å²) in [5.74, 6) is 0.499. The first kappa shape index (κ1) is 21.8. The van der Waals surface area contributed by atoms with Crippen LogP contribution in [0.4, 0.5) is 10.8 Å². The Morgan fingerprint density at radius 3 is 2.40 bits per heavy atom. The number of amides is 2. The van der Waals surface area contributed by atoms with Crippen molar-refractivity contribution >= 4 is 49.9 Å². The number of anilines is 2. The molecule has 0 aliphatic rings. The third-order valence-electron chi connectivity index (χ3n) is 4.17. The Kier molecular flexibility index (Phi) is 7.07. The molecule has 0 saturated carbocycles. The van der Waals surface area contributed by atoms with Crippen molar-refractivity contribution in [1.29, 1.82) is 0 Å². The molecule has 0 saturated heterocycles. The molecule has 3 rings (SSSR count). The Morgan fingerprint density at radius 1 is 1.07 bits per heavy atom. The van der Waals surface area contributed by atoms with E-state index in [1.165, 1.54) is 25.6 Å². The number of ether oxygens (including phenoxy) is 2. The van der Waals surface area contributed by atoms with Gasteiger partial charge in [-0.1, -0.05) is 15.9 Å². The summed E-state index contributed by atoms with van der Waals surface area (Å²) in [5, 5.41) is 7.74. The number of hydrogen-bond acceptors (Lipinski definition) is 6. The van der Waals surface area contributed by atoms with Crippen LogP contribution in [0.1, 0.15) is 21.6 Å². The zero-order valence-corrected chi connectivity index (χ0v) is 19.0. The van der Waals surface area contributed by atoms with E-state index >= 15 is 0 Å². The number of methoxy groups -OCH3 is 2. The summed E-state index contributed by atoms with van der Waals surface area (Å²) in [4.78, 5) is 29.2. The lowest BCUT2D eigenvalue weighted by molar-refractivity contribution is -0.115. The van der Waals surface area contributed by atoms with E-state index in [1.54, 1.807) is 23.6 Å². The lowest BCUT2D eigenvalue weighted by atomic mass is 10.2. The van der Waals surface area contributed by atoms with Gasteiger partial charge in [0.2, 0.25) is 5.91 Å². The molecular weight excluding hydrogens is 470 g/mol. The van der Waals surface area contributed by atoms with Gasteiger partial charge >= 0.3 is 0 Å². The standard InChI is InChI=1S/C21H20BrN3O4S/c1-12-6-14(4-5-18(12)22)23-19(26)9-15-11-30-21(24-15)25-20(27)13-7-16(28-2)10-17(8-13)29-3/h4-8,10-11H,9H2,1-3H3,(H,23,26)(H,24,25,27). The fourth-order valence-corrected chi connectivity index (χ4v) is 3.60. The highest BCUT2D eigenvalue weighted by Crippen LogP contribution is 2.24. The molecule has 0 aliphatic carbocycles. The van der Waals surface area contributed by atoms with Gasteiger partial charge in [0, 0.05) is 27.2 Å². The summed E-state index contributed by atoms with van der Waals surface area (Å²) in [6.07, 6.45) is 0.106. The second-order valence-corrected chi connectivity index (χ2v) is 8.10. The molecule has 156 valence electrons. The molecule has 3 aromatic rings. The first-order valence-corrected chi connectivity index (χ1v) is 10.6. The minimum absolute atomic E-state index is 0.106. The van der Waals surface area contributed by atoms with E-state index in [-0.39, 0.29) is 18.2 Å². The number of nitrogens with zero attached hydrogens (tertiary/aromatic N) is 1. The van der Waals surface area contributed by atoms with Crippen LogP contribution in [0.25, 0.3) is 0 Å². The summed E-state index contributed by atoms with van der Waals surface area (Å²) < 4.78 is 11.4. The summed E-state index contributed by atoms with van der Waals surface area (Å²) in [5.41, 5.74) is 2.70. The summed E-state index contributed by atoms with van der Waals surface area (Å²) >= 11 is 4.69. The lowest BCUT2D eigenvalue weighted by Crippen LogP contribution is -2.15. The van der Waals surface area contributed by atoms with Crippen LogP contribution in [-0.4, -0.2) is 31.0 Å². The Labute approximate surface area is 186 Å². The van der Waals surface area contributed by atoms with Gasteiger partial charge in [-0.3, -0.25) is 14.9 Å². The number of thiazole rings is 1. The maximum absolute atomic E-state index is 12.5. The van der Waals surface area contributed by atoms with Crippen LogP contribution in [0.15, 0.2) is 46.3 Å². The molecule has 0 unspecified atom stereocenters. The number of hydrogen-bond donors (Lipinski definition) is 2. The number of carbonyl (C=O) groups is 2. The van der Waals surface area contributed by atoms with Crippen molar-refractivity contribution in [1.82, 2.24) is 4.98 Å². The van der Waals surface area contributed by atoms with E-state index in [0.717, 1.165) is 15.7 Å². The van der Waals surface area contributed by atoms with Gasteiger partial charge in [0.15, 0.2) is 5.13 Å². The molecule has 2 N–H and O–H groups in total. The van der Waals surface area contributed by atoms with Gasteiger partial charge in [0.25, 0.3) is 5.91 Å². The predicted octanol–water partition coefficient (Wildman–Crippen LogP) is 4.66. The van der Waals surface area contributed by atoms with Gasteiger partial charge in [0.1, 0.15) is 11.5 Å². The van der Waals surface area contributed by atoms with Crippen molar-refractivity contribution in [3.05, 3.63) is 63.1 Å². The number of nitrogens with one attached hydrogen (secondary N) is 2. The van der Waals surface area contributed by atoms with E-state index < -0.39 is 0 Å². The molecule has 2 aromatic carbocycles. The van der Waals surface area contributed by atoms with Crippen LogP contribution in [0.3, 0.4) is 0 Å². The molecule has 1 heterocycles. The first-order valence-electron chi connectivity index (χ1n) is 8.92. The minimum Gasteiger partial charge on any atom is -0.497 e. The minimum atomic E-state index is -0.345. The van der Waals surface area contributed by atoms with Crippen molar-refractivity contribution < 1.29 is 19.1 Å². The Morgan fingerprint density at radius 2 is 1.77 bits per heavy atom. The predicted molar refractivity (Wildman–Crippen MR) is 121 cm³/mol. The Balaban J connectivity index is 1.62. The van der Waals surface area contributed by atoms with Crippen LogP contribution in [0, 0.1) is 6.92 Å². The molecule has 0 aliphatic heterocycles. The fraction of sp³-hybridized carbons (Fsp3) is 0.190. The zero-order valence-electron chi connectivity index (χ0n) is 16.6. The molecule has 2 amide bonds. The molecular formula is C21H20BrN3O4S. The van der Waals surface area contributed by atoms with Gasteiger partial charge < -0.3 is 14.8 Å². The molecule has 0 radical (unpaired) electrons. The maximum atomic E-state index is 12.5. The largest absolute Gasteiger partial charge is 0.497 e.